The lowest BCUT2D eigenvalue weighted by Gasteiger charge is -2.22. The van der Waals surface area contributed by atoms with Crippen LogP contribution in [0.1, 0.15) is 32.4 Å². The highest BCUT2D eigenvalue weighted by Gasteiger charge is 2.17. The first kappa shape index (κ1) is 17.5. The van der Waals surface area contributed by atoms with Crippen LogP contribution in [0.25, 0.3) is 0 Å². The molecular weight excluding hydrogens is 290 g/mol. The topological polar surface area (TPSA) is 70.2 Å². The first-order chi connectivity index (χ1) is 9.93. The van der Waals surface area contributed by atoms with Crippen molar-refractivity contribution in [3.05, 3.63) is 34.9 Å². The van der Waals surface area contributed by atoms with Crippen molar-refractivity contribution in [3.8, 4) is 0 Å². The van der Waals surface area contributed by atoms with Crippen LogP contribution in [0.3, 0.4) is 0 Å². The number of urea groups is 1. The molecule has 0 spiro atoms. The molecule has 1 aromatic rings. The van der Waals surface area contributed by atoms with Gasteiger partial charge in [0.05, 0.1) is 6.54 Å². The molecular formula is C15H22ClN3O2. The Morgan fingerprint density at radius 2 is 1.81 bits per heavy atom. The number of hydrogen-bond acceptors (Lipinski definition) is 3. The molecule has 0 saturated carbocycles. The Hall–Kier alpha value is -1.59. The van der Waals surface area contributed by atoms with E-state index in [4.69, 9.17) is 11.6 Å². The van der Waals surface area contributed by atoms with Crippen molar-refractivity contribution < 1.29 is 9.59 Å². The van der Waals surface area contributed by atoms with Crippen LogP contribution in [0.15, 0.2) is 24.3 Å². The van der Waals surface area contributed by atoms with Gasteiger partial charge in [0.15, 0.2) is 0 Å². The van der Waals surface area contributed by atoms with Crippen molar-refractivity contribution in [2.24, 2.45) is 5.92 Å². The van der Waals surface area contributed by atoms with Crippen LogP contribution in [0.2, 0.25) is 5.02 Å². The average molecular weight is 312 g/mol. The van der Waals surface area contributed by atoms with Crippen LogP contribution in [-0.4, -0.2) is 25.0 Å². The quantitative estimate of drug-likeness (QED) is 0.756. The lowest BCUT2D eigenvalue weighted by molar-refractivity contribution is -0.119. The Kier molecular flexibility index (Phi) is 7.19. The maximum absolute atomic E-state index is 11.7. The van der Waals surface area contributed by atoms with Crippen molar-refractivity contribution in [1.82, 2.24) is 16.0 Å². The summed E-state index contributed by atoms with van der Waals surface area (Å²) in [6, 6.07) is 7.05. The van der Waals surface area contributed by atoms with E-state index < -0.39 is 6.03 Å². The molecule has 0 aliphatic heterocycles. The summed E-state index contributed by atoms with van der Waals surface area (Å²) >= 11 is 5.88. The minimum Gasteiger partial charge on any atom is -0.338 e. The van der Waals surface area contributed by atoms with Crippen LogP contribution < -0.4 is 16.0 Å². The molecule has 5 nitrogen and oxygen atoms in total. The van der Waals surface area contributed by atoms with Crippen molar-refractivity contribution >= 4 is 23.5 Å². The van der Waals surface area contributed by atoms with Gasteiger partial charge in [-0.15, -0.1) is 0 Å². The number of hydrogen-bond donors (Lipinski definition) is 3. The number of imide groups is 1. The van der Waals surface area contributed by atoms with E-state index in [2.05, 4.69) is 29.8 Å². The Balaban J connectivity index is 2.58. The van der Waals surface area contributed by atoms with Gasteiger partial charge < -0.3 is 10.6 Å². The lowest BCUT2D eigenvalue weighted by atomic mass is 9.96. The molecule has 0 heterocycles. The van der Waals surface area contributed by atoms with Gasteiger partial charge in [-0.1, -0.05) is 37.6 Å². The third-order valence-corrected chi connectivity index (χ3v) is 3.22. The van der Waals surface area contributed by atoms with Gasteiger partial charge in [0, 0.05) is 17.6 Å². The molecule has 0 saturated heterocycles. The fourth-order valence-corrected chi connectivity index (χ4v) is 2.11. The average Bonchev–Trinajstić information content (AvgIpc) is 2.40. The fraction of sp³-hybridized carbons (Fsp3) is 0.467. The summed E-state index contributed by atoms with van der Waals surface area (Å²) in [6.07, 6.45) is 0. The van der Waals surface area contributed by atoms with Crippen LogP contribution >= 0.6 is 11.6 Å². The van der Waals surface area contributed by atoms with Crippen LogP contribution in [0, 0.1) is 5.92 Å². The number of rotatable bonds is 6. The van der Waals surface area contributed by atoms with Gasteiger partial charge >= 0.3 is 6.03 Å². The highest BCUT2D eigenvalue weighted by molar-refractivity contribution is 6.30. The largest absolute Gasteiger partial charge is 0.338 e. The van der Waals surface area contributed by atoms with Gasteiger partial charge in [0.1, 0.15) is 0 Å². The first-order valence-electron chi connectivity index (χ1n) is 7.00. The van der Waals surface area contributed by atoms with E-state index in [0.29, 0.717) is 17.5 Å². The van der Waals surface area contributed by atoms with Gasteiger partial charge in [-0.2, -0.15) is 0 Å². The van der Waals surface area contributed by atoms with E-state index in [-0.39, 0.29) is 18.5 Å². The van der Waals surface area contributed by atoms with Gasteiger partial charge in [-0.25, -0.2) is 4.79 Å². The van der Waals surface area contributed by atoms with Crippen LogP contribution in [0.4, 0.5) is 4.79 Å². The van der Waals surface area contributed by atoms with E-state index in [1.807, 2.05) is 24.3 Å². The highest BCUT2D eigenvalue weighted by Crippen LogP contribution is 2.22. The smallest absolute Gasteiger partial charge is 0.321 e. The van der Waals surface area contributed by atoms with E-state index in [1.165, 1.54) is 0 Å². The Labute approximate surface area is 130 Å². The summed E-state index contributed by atoms with van der Waals surface area (Å²) in [5.41, 5.74) is 1.06. The molecule has 1 unspecified atom stereocenters. The van der Waals surface area contributed by atoms with Crippen molar-refractivity contribution in [3.63, 3.8) is 0 Å². The molecule has 3 amide bonds. The van der Waals surface area contributed by atoms with Crippen molar-refractivity contribution in [2.45, 2.75) is 26.8 Å². The van der Waals surface area contributed by atoms with Crippen molar-refractivity contribution in [2.75, 3.05) is 13.1 Å². The number of nitrogens with one attached hydrogen (secondary N) is 3. The predicted molar refractivity (Wildman–Crippen MR) is 84.2 cm³/mol. The monoisotopic (exact) mass is 311 g/mol. The molecule has 1 rings (SSSR count). The predicted octanol–water partition coefficient (Wildman–Crippen LogP) is 2.47. The summed E-state index contributed by atoms with van der Waals surface area (Å²) in [7, 11) is 0. The maximum Gasteiger partial charge on any atom is 0.321 e. The number of carbonyl (C=O) groups is 2. The van der Waals surface area contributed by atoms with E-state index in [9.17, 15) is 9.59 Å². The fourth-order valence-electron chi connectivity index (χ4n) is 1.99. The molecule has 0 aliphatic rings. The second kappa shape index (κ2) is 8.64. The highest BCUT2D eigenvalue weighted by atomic mass is 35.5. The maximum atomic E-state index is 11.7. The number of benzene rings is 1. The van der Waals surface area contributed by atoms with Gasteiger partial charge in [0.25, 0.3) is 0 Å². The Morgan fingerprint density at radius 3 is 2.33 bits per heavy atom. The summed E-state index contributed by atoms with van der Waals surface area (Å²) in [6.45, 7) is 6.47. The molecule has 0 fully saturated rings. The van der Waals surface area contributed by atoms with Gasteiger partial charge in [0.2, 0.25) is 5.91 Å². The number of amides is 3. The molecule has 0 aliphatic carbocycles. The second-order valence-corrected chi connectivity index (χ2v) is 5.50. The minimum atomic E-state index is -0.475. The Morgan fingerprint density at radius 1 is 1.19 bits per heavy atom. The summed E-state index contributed by atoms with van der Waals surface area (Å²) in [4.78, 5) is 22.9. The van der Waals surface area contributed by atoms with Gasteiger partial charge in [-0.05, 0) is 30.5 Å². The van der Waals surface area contributed by atoms with Crippen molar-refractivity contribution in [1.29, 1.82) is 0 Å². The van der Waals surface area contributed by atoms with E-state index >= 15 is 0 Å². The molecule has 0 radical (unpaired) electrons. The van der Waals surface area contributed by atoms with E-state index in [1.54, 1.807) is 6.92 Å². The lowest BCUT2D eigenvalue weighted by Crippen LogP contribution is -2.44. The summed E-state index contributed by atoms with van der Waals surface area (Å²) in [5, 5.41) is 8.62. The minimum absolute atomic E-state index is 0.0160. The summed E-state index contributed by atoms with van der Waals surface area (Å²) in [5.74, 6) is -0.0657. The zero-order chi connectivity index (χ0) is 15.8. The molecule has 0 aromatic heterocycles. The SMILES string of the molecule is CCNC(=O)NC(=O)CNC(c1ccc(Cl)cc1)C(C)C. The molecule has 116 valence electrons. The molecule has 1 aromatic carbocycles. The number of halogens is 1. The standard InChI is InChI=1S/C15H22ClN3O2/c1-4-17-15(21)19-13(20)9-18-14(10(2)3)11-5-7-12(16)8-6-11/h5-8,10,14,18H,4,9H2,1-3H3,(H2,17,19,20,21). The molecule has 1 atom stereocenters. The zero-order valence-electron chi connectivity index (χ0n) is 12.6. The van der Waals surface area contributed by atoms with Crippen LogP contribution in [-0.2, 0) is 4.79 Å². The summed E-state index contributed by atoms with van der Waals surface area (Å²) < 4.78 is 0. The second-order valence-electron chi connectivity index (χ2n) is 5.06. The normalized spacial score (nSPS) is 12.0. The Bertz CT molecular complexity index is 474. The third kappa shape index (κ3) is 6.14. The van der Waals surface area contributed by atoms with Gasteiger partial charge in [-0.3, -0.25) is 10.1 Å². The third-order valence-electron chi connectivity index (χ3n) is 2.97. The molecule has 0 bridgehead atoms. The molecule has 3 N–H and O–H groups in total. The molecule has 6 heteroatoms. The number of carbonyl (C=O) groups excluding carboxylic acids is 2. The first-order valence-corrected chi connectivity index (χ1v) is 7.38. The zero-order valence-corrected chi connectivity index (χ0v) is 13.3. The van der Waals surface area contributed by atoms with Crippen LogP contribution in [0.5, 0.6) is 0 Å². The van der Waals surface area contributed by atoms with E-state index in [0.717, 1.165) is 5.56 Å². The molecule has 21 heavy (non-hydrogen) atoms.